The summed E-state index contributed by atoms with van der Waals surface area (Å²) < 4.78 is 1.96. The van der Waals surface area contributed by atoms with Crippen LogP contribution < -0.4 is 5.32 Å². The van der Waals surface area contributed by atoms with Crippen molar-refractivity contribution in [2.45, 2.75) is 34.5 Å². The Morgan fingerprint density at radius 1 is 1.16 bits per heavy atom. The molecule has 1 atom stereocenters. The molecule has 1 amide bonds. The summed E-state index contributed by atoms with van der Waals surface area (Å²) in [4.78, 5) is 24.7. The molecule has 1 unspecified atom stereocenters. The Morgan fingerprint density at radius 2 is 1.87 bits per heavy atom. The minimum absolute atomic E-state index is 0.166. The van der Waals surface area contributed by atoms with Crippen molar-refractivity contribution in [3.05, 3.63) is 78.6 Å². The highest BCUT2D eigenvalue weighted by Gasteiger charge is 2.20. The van der Waals surface area contributed by atoms with Crippen LogP contribution in [-0.4, -0.2) is 37.0 Å². The molecule has 3 aromatic rings. The predicted molar refractivity (Wildman–Crippen MR) is 124 cm³/mol. The number of carboxylic acids is 1. The van der Waals surface area contributed by atoms with E-state index in [0.29, 0.717) is 23.1 Å². The van der Waals surface area contributed by atoms with Crippen LogP contribution in [0.2, 0.25) is 0 Å². The van der Waals surface area contributed by atoms with Gasteiger partial charge in [-0.05, 0) is 43.3 Å². The Hall–Kier alpha value is -3.04. The van der Waals surface area contributed by atoms with Gasteiger partial charge in [0, 0.05) is 17.1 Å². The van der Waals surface area contributed by atoms with Crippen LogP contribution in [0.15, 0.2) is 77.3 Å². The maximum Gasteiger partial charge on any atom is 0.335 e. The van der Waals surface area contributed by atoms with E-state index in [1.54, 1.807) is 36.9 Å². The highest BCUT2D eigenvalue weighted by molar-refractivity contribution is 8.00. The third-order valence-electron chi connectivity index (χ3n) is 4.27. The van der Waals surface area contributed by atoms with E-state index >= 15 is 0 Å². The number of nitrogens with zero attached hydrogens (tertiary/aromatic N) is 3. The van der Waals surface area contributed by atoms with Crippen molar-refractivity contribution < 1.29 is 14.7 Å². The van der Waals surface area contributed by atoms with Crippen LogP contribution in [0, 0.1) is 0 Å². The number of hydrogen-bond donors (Lipinski definition) is 2. The standard InChI is InChI=1S/C22H22N4O3S2/c1-3-13-26-19(14-30-18-7-5-4-6-8-18)24-25-22(26)31-15(2)20(27)23-17-11-9-16(10-12-17)21(28)29/h3-12,15H,1,13-14H2,2H3,(H,23,27)(H,28,29). The Balaban J connectivity index is 1.64. The predicted octanol–water partition coefficient (Wildman–Crippen LogP) is 4.57. The molecule has 1 aromatic heterocycles. The molecule has 31 heavy (non-hydrogen) atoms. The fraction of sp³-hybridized carbons (Fsp3) is 0.182. The molecule has 0 aliphatic carbocycles. The van der Waals surface area contributed by atoms with Gasteiger partial charge in [0.05, 0.1) is 16.6 Å². The fourth-order valence-electron chi connectivity index (χ4n) is 2.64. The van der Waals surface area contributed by atoms with Crippen LogP contribution in [0.5, 0.6) is 0 Å². The molecule has 1 heterocycles. The molecular formula is C22H22N4O3S2. The topological polar surface area (TPSA) is 97.1 Å². The molecule has 0 fully saturated rings. The normalized spacial score (nSPS) is 11.6. The summed E-state index contributed by atoms with van der Waals surface area (Å²) in [6.45, 7) is 6.15. The van der Waals surface area contributed by atoms with E-state index in [-0.39, 0.29) is 11.5 Å². The molecule has 3 rings (SSSR count). The lowest BCUT2D eigenvalue weighted by atomic mass is 10.2. The lowest BCUT2D eigenvalue weighted by Crippen LogP contribution is -2.23. The van der Waals surface area contributed by atoms with Crippen molar-refractivity contribution in [3.8, 4) is 0 Å². The highest BCUT2D eigenvalue weighted by Crippen LogP contribution is 2.27. The van der Waals surface area contributed by atoms with Crippen LogP contribution in [0.3, 0.4) is 0 Å². The van der Waals surface area contributed by atoms with Gasteiger partial charge in [0.1, 0.15) is 5.82 Å². The molecule has 0 saturated carbocycles. The van der Waals surface area contributed by atoms with Gasteiger partial charge in [0.25, 0.3) is 0 Å². The van der Waals surface area contributed by atoms with E-state index in [1.807, 2.05) is 34.9 Å². The number of amides is 1. The van der Waals surface area contributed by atoms with Crippen LogP contribution in [-0.2, 0) is 17.1 Å². The van der Waals surface area contributed by atoms with Crippen molar-refractivity contribution in [2.75, 3.05) is 5.32 Å². The first-order chi connectivity index (χ1) is 15.0. The van der Waals surface area contributed by atoms with Crippen LogP contribution in [0.25, 0.3) is 0 Å². The quantitative estimate of drug-likeness (QED) is 0.342. The monoisotopic (exact) mass is 454 g/mol. The van der Waals surface area contributed by atoms with E-state index in [9.17, 15) is 9.59 Å². The lowest BCUT2D eigenvalue weighted by Gasteiger charge is -2.13. The van der Waals surface area contributed by atoms with Gasteiger partial charge >= 0.3 is 5.97 Å². The Labute approximate surface area is 189 Å². The number of carbonyl (C=O) groups is 2. The molecule has 0 aliphatic heterocycles. The van der Waals surface area contributed by atoms with Gasteiger partial charge in [0.2, 0.25) is 5.91 Å². The SMILES string of the molecule is C=CCn1c(CSc2ccccc2)nnc1SC(C)C(=O)Nc1ccc(C(=O)O)cc1. The van der Waals surface area contributed by atoms with Crippen LogP contribution in [0.1, 0.15) is 23.1 Å². The van der Waals surface area contributed by atoms with Crippen LogP contribution >= 0.6 is 23.5 Å². The highest BCUT2D eigenvalue weighted by atomic mass is 32.2. The molecule has 0 aliphatic rings. The summed E-state index contributed by atoms with van der Waals surface area (Å²) >= 11 is 2.98. The molecule has 2 aromatic carbocycles. The summed E-state index contributed by atoms with van der Waals surface area (Å²) in [5.41, 5.74) is 0.703. The summed E-state index contributed by atoms with van der Waals surface area (Å²) in [5, 5.41) is 20.6. The first-order valence-electron chi connectivity index (χ1n) is 9.49. The molecule has 0 saturated heterocycles. The zero-order valence-electron chi connectivity index (χ0n) is 16.9. The second-order valence-corrected chi connectivity index (χ2v) is 8.89. The number of carboxylic acid groups (broad SMARTS) is 1. The molecule has 7 nitrogen and oxygen atoms in total. The van der Waals surface area contributed by atoms with Gasteiger partial charge in [-0.25, -0.2) is 4.79 Å². The number of benzene rings is 2. The summed E-state index contributed by atoms with van der Waals surface area (Å²) in [6, 6.07) is 16.1. The minimum atomic E-state index is -1.01. The van der Waals surface area contributed by atoms with Gasteiger partial charge in [-0.2, -0.15) is 0 Å². The van der Waals surface area contributed by atoms with Crippen molar-refractivity contribution in [2.24, 2.45) is 0 Å². The van der Waals surface area contributed by atoms with E-state index in [4.69, 9.17) is 5.11 Å². The zero-order chi connectivity index (χ0) is 22.2. The molecule has 160 valence electrons. The number of carbonyl (C=O) groups excluding carboxylic acids is 1. The number of nitrogens with one attached hydrogen (secondary N) is 1. The molecule has 0 spiro atoms. The third-order valence-corrected chi connectivity index (χ3v) is 6.36. The molecular weight excluding hydrogens is 432 g/mol. The first-order valence-corrected chi connectivity index (χ1v) is 11.4. The number of aromatic nitrogens is 3. The largest absolute Gasteiger partial charge is 0.478 e. The second kappa shape index (κ2) is 10.8. The zero-order valence-corrected chi connectivity index (χ0v) is 18.5. The number of hydrogen-bond acceptors (Lipinski definition) is 6. The number of rotatable bonds is 10. The van der Waals surface area contributed by atoms with E-state index < -0.39 is 11.2 Å². The second-order valence-electron chi connectivity index (χ2n) is 6.53. The van der Waals surface area contributed by atoms with Crippen molar-refractivity contribution >= 4 is 41.1 Å². The molecule has 0 radical (unpaired) electrons. The van der Waals surface area contributed by atoms with Gasteiger partial charge < -0.3 is 15.0 Å². The number of aromatic carboxylic acids is 1. The molecule has 2 N–H and O–H groups in total. The van der Waals surface area contributed by atoms with Gasteiger partial charge in [-0.3, -0.25) is 4.79 Å². The summed E-state index contributed by atoms with van der Waals surface area (Å²) in [6.07, 6.45) is 1.78. The van der Waals surface area contributed by atoms with Gasteiger partial charge in [0.15, 0.2) is 5.16 Å². The summed E-state index contributed by atoms with van der Waals surface area (Å²) in [5.74, 6) is 0.251. The van der Waals surface area contributed by atoms with E-state index in [1.165, 1.54) is 23.9 Å². The van der Waals surface area contributed by atoms with E-state index in [0.717, 1.165) is 10.7 Å². The van der Waals surface area contributed by atoms with Crippen molar-refractivity contribution in [3.63, 3.8) is 0 Å². The molecule has 9 heteroatoms. The fourth-order valence-corrected chi connectivity index (χ4v) is 4.38. The lowest BCUT2D eigenvalue weighted by molar-refractivity contribution is -0.115. The first kappa shape index (κ1) is 22.6. The Kier molecular flexibility index (Phi) is 7.91. The smallest absolute Gasteiger partial charge is 0.335 e. The van der Waals surface area contributed by atoms with Gasteiger partial charge in [-0.1, -0.05) is 36.0 Å². The average molecular weight is 455 g/mol. The number of anilines is 1. The average Bonchev–Trinajstić information content (AvgIpc) is 3.14. The van der Waals surface area contributed by atoms with E-state index in [2.05, 4.69) is 22.1 Å². The summed E-state index contributed by atoms with van der Waals surface area (Å²) in [7, 11) is 0. The Bertz CT molecular complexity index is 1050. The maximum atomic E-state index is 12.6. The molecule has 0 bridgehead atoms. The third kappa shape index (κ3) is 6.22. The van der Waals surface area contributed by atoms with Crippen molar-refractivity contribution in [1.29, 1.82) is 0 Å². The number of thioether (sulfide) groups is 2. The Morgan fingerprint density at radius 3 is 2.52 bits per heavy atom. The maximum absolute atomic E-state index is 12.6. The van der Waals surface area contributed by atoms with Gasteiger partial charge in [-0.15, -0.1) is 28.5 Å². The number of allylic oxidation sites excluding steroid dienone is 1. The van der Waals surface area contributed by atoms with Crippen LogP contribution in [0.4, 0.5) is 5.69 Å². The van der Waals surface area contributed by atoms with Crippen molar-refractivity contribution in [1.82, 2.24) is 14.8 Å². The minimum Gasteiger partial charge on any atom is -0.478 e.